The third-order valence-electron chi connectivity index (χ3n) is 12.3. The molecule has 0 aliphatic rings. The maximum absolute atomic E-state index is 13.2. The van der Waals surface area contributed by atoms with E-state index in [2.05, 4.69) is 86.8 Å². The number of nitrogens with one attached hydrogen (secondary N) is 1. The van der Waals surface area contributed by atoms with E-state index in [4.69, 9.17) is 4.74 Å². The summed E-state index contributed by atoms with van der Waals surface area (Å²) in [5.41, 5.74) is 0. The van der Waals surface area contributed by atoms with Gasteiger partial charge in [-0.1, -0.05) is 248 Å². The molecule has 0 fully saturated rings. The van der Waals surface area contributed by atoms with Crippen LogP contribution in [0.5, 0.6) is 0 Å². The number of carbonyl (C=O) groups is 2. The minimum Gasteiger partial charge on any atom is -0.458 e. The number of aliphatic hydroxyl groups excluding tert-OH is 2. The number of esters is 1. The van der Waals surface area contributed by atoms with Gasteiger partial charge in [0, 0.05) is 6.42 Å². The van der Waals surface area contributed by atoms with Crippen molar-refractivity contribution in [3.63, 3.8) is 0 Å². The van der Waals surface area contributed by atoms with E-state index in [1.54, 1.807) is 6.08 Å². The zero-order valence-corrected chi connectivity index (χ0v) is 42.9. The molecule has 65 heavy (non-hydrogen) atoms. The molecule has 0 heterocycles. The van der Waals surface area contributed by atoms with Gasteiger partial charge in [0.2, 0.25) is 5.91 Å². The molecule has 0 aliphatic carbocycles. The van der Waals surface area contributed by atoms with Crippen molar-refractivity contribution in [3.05, 3.63) is 72.9 Å². The Morgan fingerprint density at radius 1 is 0.477 bits per heavy atom. The summed E-state index contributed by atoms with van der Waals surface area (Å²) in [4.78, 5) is 26.1. The molecule has 0 aliphatic heterocycles. The van der Waals surface area contributed by atoms with Crippen molar-refractivity contribution in [1.82, 2.24) is 5.32 Å². The van der Waals surface area contributed by atoms with E-state index in [1.807, 2.05) is 6.08 Å². The van der Waals surface area contributed by atoms with Crippen LogP contribution in [-0.4, -0.2) is 46.9 Å². The number of hydrogen-bond donors (Lipinski definition) is 3. The molecule has 3 atom stereocenters. The van der Waals surface area contributed by atoms with Crippen LogP contribution < -0.4 is 5.32 Å². The Balaban J connectivity index is 4.67. The predicted octanol–water partition coefficient (Wildman–Crippen LogP) is 17.0. The van der Waals surface area contributed by atoms with Crippen molar-refractivity contribution in [2.24, 2.45) is 0 Å². The zero-order valence-electron chi connectivity index (χ0n) is 42.9. The highest BCUT2D eigenvalue weighted by atomic mass is 16.5. The molecule has 0 bridgehead atoms. The minimum atomic E-state index is -0.823. The van der Waals surface area contributed by atoms with E-state index in [1.165, 1.54) is 141 Å². The third kappa shape index (κ3) is 47.6. The first kappa shape index (κ1) is 62.3. The highest BCUT2D eigenvalue weighted by molar-refractivity contribution is 5.78. The lowest BCUT2D eigenvalue weighted by atomic mass is 10.0. The first-order valence-corrected chi connectivity index (χ1v) is 27.7. The summed E-state index contributed by atoms with van der Waals surface area (Å²) in [5, 5.41) is 23.8. The summed E-state index contributed by atoms with van der Waals surface area (Å²) in [5.74, 6) is -0.635. The van der Waals surface area contributed by atoms with Crippen LogP contribution in [0.15, 0.2) is 72.9 Å². The van der Waals surface area contributed by atoms with Gasteiger partial charge in [-0.05, 0) is 76.7 Å². The maximum atomic E-state index is 13.2. The molecule has 1 amide bonds. The Kier molecular flexibility index (Phi) is 50.1. The second kappa shape index (κ2) is 52.3. The number of unbranched alkanes of at least 4 members (excludes halogenated alkanes) is 27. The van der Waals surface area contributed by atoms with E-state index in [9.17, 15) is 19.8 Å². The Morgan fingerprint density at radius 3 is 1.29 bits per heavy atom. The van der Waals surface area contributed by atoms with Gasteiger partial charge in [-0.2, -0.15) is 0 Å². The van der Waals surface area contributed by atoms with Crippen molar-refractivity contribution in [2.75, 3.05) is 6.61 Å². The average Bonchev–Trinajstić information content (AvgIpc) is 3.30. The van der Waals surface area contributed by atoms with Gasteiger partial charge >= 0.3 is 5.97 Å². The number of allylic oxidation sites excluding steroid dienone is 11. The smallest absolute Gasteiger partial charge is 0.306 e. The van der Waals surface area contributed by atoms with Crippen LogP contribution in [0.4, 0.5) is 0 Å². The van der Waals surface area contributed by atoms with Crippen molar-refractivity contribution in [2.45, 2.75) is 283 Å². The minimum absolute atomic E-state index is 0.0504. The number of rotatable bonds is 49. The van der Waals surface area contributed by atoms with Crippen LogP contribution in [0.25, 0.3) is 0 Å². The van der Waals surface area contributed by atoms with Gasteiger partial charge in [0.1, 0.15) is 6.10 Å². The highest BCUT2D eigenvalue weighted by Crippen LogP contribution is 2.16. The Morgan fingerprint density at radius 2 is 0.862 bits per heavy atom. The molecule has 0 aromatic carbocycles. The standard InChI is InChI=1S/C59H105NO5/c1-4-7-10-13-16-19-22-25-28-30-33-36-39-42-45-48-51-57(62)56(54-61)60-58(63)53-55(50-47-44-41-38-35-32-27-24-21-18-15-12-9-6-3)65-59(64)52-49-46-43-40-37-34-31-29-26-23-20-17-14-11-8-5-2/h9,12,18,21,27,29,31-32,38,41,47,50,55-57,61-62H,4-8,10-11,13-17,19-20,22-26,28,30,33-37,39-40,42-46,48-49,51-54H2,1-3H3,(H,60,63)/b12-9+,21-18+,31-29+,32-27+,41-38+,50-47+. The highest BCUT2D eigenvalue weighted by Gasteiger charge is 2.23. The second-order valence-electron chi connectivity index (χ2n) is 18.6. The van der Waals surface area contributed by atoms with Gasteiger partial charge in [0.25, 0.3) is 0 Å². The van der Waals surface area contributed by atoms with E-state index < -0.39 is 18.2 Å². The SMILES string of the molecule is CC/C=C/C/C=C/C/C=C/C/C=C/C/C=C/C(CC(=O)NC(CO)C(O)CCCCCCCCCCCCCCCCCC)OC(=O)CCCCCCC/C=C/CCCCCCCCC. The van der Waals surface area contributed by atoms with Gasteiger partial charge < -0.3 is 20.3 Å². The predicted molar refractivity (Wildman–Crippen MR) is 282 cm³/mol. The monoisotopic (exact) mass is 908 g/mol. The molecule has 0 spiro atoms. The first-order chi connectivity index (χ1) is 32.0. The molecule has 0 aromatic heterocycles. The summed E-state index contributed by atoms with van der Waals surface area (Å²) < 4.78 is 5.83. The number of aliphatic hydroxyl groups is 2. The molecule has 0 saturated heterocycles. The van der Waals surface area contributed by atoms with Crippen molar-refractivity contribution >= 4 is 11.9 Å². The first-order valence-electron chi connectivity index (χ1n) is 27.7. The average molecular weight is 908 g/mol. The topological polar surface area (TPSA) is 95.9 Å². The van der Waals surface area contributed by atoms with Gasteiger partial charge in [-0.3, -0.25) is 9.59 Å². The Hall–Kier alpha value is -2.70. The van der Waals surface area contributed by atoms with Crippen LogP contribution in [0, 0.1) is 0 Å². The molecule has 0 aromatic rings. The Bertz CT molecular complexity index is 1200. The summed E-state index contributed by atoms with van der Waals surface area (Å²) in [7, 11) is 0. The number of hydrogen-bond acceptors (Lipinski definition) is 5. The summed E-state index contributed by atoms with van der Waals surface area (Å²) >= 11 is 0. The quantitative estimate of drug-likeness (QED) is 0.0321. The van der Waals surface area contributed by atoms with Gasteiger partial charge in [-0.15, -0.1) is 0 Å². The summed E-state index contributed by atoms with van der Waals surface area (Å²) in [6, 6.07) is -0.746. The fraction of sp³-hybridized carbons (Fsp3) is 0.763. The summed E-state index contributed by atoms with van der Waals surface area (Å²) in [6.45, 7) is 6.34. The van der Waals surface area contributed by atoms with Crippen molar-refractivity contribution in [3.8, 4) is 0 Å². The second-order valence-corrected chi connectivity index (χ2v) is 18.6. The van der Waals surface area contributed by atoms with Gasteiger partial charge in [-0.25, -0.2) is 0 Å². The maximum Gasteiger partial charge on any atom is 0.306 e. The normalized spacial score (nSPS) is 13.7. The molecule has 6 heteroatoms. The number of carbonyl (C=O) groups excluding carboxylic acids is 2. The van der Waals surface area contributed by atoms with Gasteiger partial charge in [0.05, 0.1) is 25.2 Å². The number of ether oxygens (including phenoxy) is 1. The molecule has 0 rings (SSSR count). The van der Waals surface area contributed by atoms with Crippen LogP contribution in [0.2, 0.25) is 0 Å². The molecule has 376 valence electrons. The molecular weight excluding hydrogens is 803 g/mol. The van der Waals surface area contributed by atoms with E-state index >= 15 is 0 Å². The molecule has 0 radical (unpaired) electrons. The fourth-order valence-electron chi connectivity index (χ4n) is 8.09. The zero-order chi connectivity index (χ0) is 47.4. The largest absolute Gasteiger partial charge is 0.458 e. The van der Waals surface area contributed by atoms with Gasteiger partial charge in [0.15, 0.2) is 0 Å². The molecule has 0 saturated carbocycles. The Labute approximate surface area is 402 Å². The third-order valence-corrected chi connectivity index (χ3v) is 12.3. The lowest BCUT2D eigenvalue weighted by molar-refractivity contribution is -0.148. The molecular formula is C59H105NO5. The lowest BCUT2D eigenvalue weighted by Gasteiger charge is -2.23. The lowest BCUT2D eigenvalue weighted by Crippen LogP contribution is -2.46. The molecule has 6 nitrogen and oxygen atoms in total. The van der Waals surface area contributed by atoms with E-state index in [0.29, 0.717) is 19.3 Å². The van der Waals surface area contributed by atoms with E-state index in [-0.39, 0.29) is 24.9 Å². The van der Waals surface area contributed by atoms with E-state index in [0.717, 1.165) is 77.0 Å². The van der Waals surface area contributed by atoms with Crippen LogP contribution in [0.1, 0.15) is 265 Å². The van der Waals surface area contributed by atoms with Crippen molar-refractivity contribution in [1.29, 1.82) is 0 Å². The van der Waals surface area contributed by atoms with Crippen molar-refractivity contribution < 1.29 is 24.5 Å². The van der Waals surface area contributed by atoms with Crippen LogP contribution in [-0.2, 0) is 14.3 Å². The molecule has 3 unspecified atom stereocenters. The van der Waals surface area contributed by atoms with Crippen LogP contribution in [0.3, 0.4) is 0 Å². The summed E-state index contributed by atoms with van der Waals surface area (Å²) in [6.07, 6.45) is 67.1. The fourth-order valence-corrected chi connectivity index (χ4v) is 8.09. The van der Waals surface area contributed by atoms with Crippen LogP contribution >= 0.6 is 0 Å². The number of amides is 1. The molecule has 3 N–H and O–H groups in total.